The van der Waals surface area contributed by atoms with Crippen molar-refractivity contribution in [2.24, 2.45) is 11.3 Å². The fourth-order valence-corrected chi connectivity index (χ4v) is 3.54. The van der Waals surface area contributed by atoms with Gasteiger partial charge in [0.05, 0.1) is 6.54 Å². The largest absolute Gasteiger partial charge is 0.314 e. The standard InChI is InChI=1S/C19H30N2O/c1-19(2,3)16-12-8-9-13-17(16)20-14-18(22)21(4)15-10-6-5-7-11-15/h5-7,10-11,16-17,20H,8-9,12-14H2,1-4H3. The number of anilines is 1. The number of nitrogens with zero attached hydrogens (tertiary/aromatic N) is 1. The molecule has 2 rings (SSSR count). The molecule has 122 valence electrons. The minimum atomic E-state index is 0.129. The van der Waals surface area contributed by atoms with E-state index in [4.69, 9.17) is 0 Å². The van der Waals surface area contributed by atoms with Crippen LogP contribution in [0.5, 0.6) is 0 Å². The molecule has 3 nitrogen and oxygen atoms in total. The minimum absolute atomic E-state index is 0.129. The highest BCUT2D eigenvalue weighted by Gasteiger charge is 2.34. The third-order valence-corrected chi connectivity index (χ3v) is 4.91. The lowest BCUT2D eigenvalue weighted by molar-refractivity contribution is -0.117. The highest BCUT2D eigenvalue weighted by atomic mass is 16.2. The number of para-hydroxylation sites is 1. The lowest BCUT2D eigenvalue weighted by Crippen LogP contribution is -2.47. The fourth-order valence-electron chi connectivity index (χ4n) is 3.54. The van der Waals surface area contributed by atoms with E-state index in [1.807, 2.05) is 37.4 Å². The molecule has 1 fully saturated rings. The Morgan fingerprint density at radius 3 is 2.45 bits per heavy atom. The molecule has 2 atom stereocenters. The first-order chi connectivity index (χ1) is 10.4. The Kier molecular flexibility index (Phi) is 5.63. The molecular weight excluding hydrogens is 272 g/mol. The summed E-state index contributed by atoms with van der Waals surface area (Å²) < 4.78 is 0. The summed E-state index contributed by atoms with van der Waals surface area (Å²) >= 11 is 0. The highest BCUT2D eigenvalue weighted by molar-refractivity contribution is 5.94. The van der Waals surface area contributed by atoms with Crippen LogP contribution < -0.4 is 10.2 Å². The second-order valence-electron chi connectivity index (χ2n) is 7.53. The summed E-state index contributed by atoms with van der Waals surface area (Å²) in [5.74, 6) is 0.778. The van der Waals surface area contributed by atoms with E-state index in [2.05, 4.69) is 26.1 Å². The summed E-state index contributed by atoms with van der Waals surface area (Å²) in [5, 5.41) is 3.54. The number of rotatable bonds is 4. The van der Waals surface area contributed by atoms with Gasteiger partial charge < -0.3 is 10.2 Å². The molecule has 1 aromatic carbocycles. The second kappa shape index (κ2) is 7.28. The van der Waals surface area contributed by atoms with E-state index >= 15 is 0 Å². The van der Waals surface area contributed by atoms with Crippen molar-refractivity contribution < 1.29 is 4.79 Å². The highest BCUT2D eigenvalue weighted by Crippen LogP contribution is 2.37. The molecule has 22 heavy (non-hydrogen) atoms. The van der Waals surface area contributed by atoms with Gasteiger partial charge in [0.2, 0.25) is 5.91 Å². The van der Waals surface area contributed by atoms with Crippen molar-refractivity contribution in [2.45, 2.75) is 52.5 Å². The number of amides is 1. The maximum Gasteiger partial charge on any atom is 0.240 e. The third kappa shape index (κ3) is 4.33. The molecular formula is C19H30N2O. The SMILES string of the molecule is CN(C(=O)CNC1CCCCC1C(C)(C)C)c1ccccc1. The van der Waals surface area contributed by atoms with E-state index in [0.717, 1.165) is 5.69 Å². The van der Waals surface area contributed by atoms with Crippen LogP contribution in [-0.2, 0) is 4.79 Å². The van der Waals surface area contributed by atoms with Crippen molar-refractivity contribution in [1.29, 1.82) is 0 Å². The van der Waals surface area contributed by atoms with Crippen LogP contribution in [0.2, 0.25) is 0 Å². The molecule has 1 N–H and O–H groups in total. The van der Waals surface area contributed by atoms with Gasteiger partial charge in [-0.3, -0.25) is 4.79 Å². The summed E-state index contributed by atoms with van der Waals surface area (Å²) in [6.07, 6.45) is 5.04. The zero-order chi connectivity index (χ0) is 16.2. The zero-order valence-electron chi connectivity index (χ0n) is 14.4. The van der Waals surface area contributed by atoms with Gasteiger partial charge in [-0.1, -0.05) is 51.8 Å². The topological polar surface area (TPSA) is 32.3 Å². The van der Waals surface area contributed by atoms with Gasteiger partial charge in [-0.05, 0) is 36.3 Å². The Hall–Kier alpha value is -1.35. The normalized spacial score (nSPS) is 22.4. The maximum absolute atomic E-state index is 12.4. The first-order valence-electron chi connectivity index (χ1n) is 8.44. The van der Waals surface area contributed by atoms with Crippen molar-refractivity contribution in [1.82, 2.24) is 5.32 Å². The monoisotopic (exact) mass is 302 g/mol. The van der Waals surface area contributed by atoms with Crippen LogP contribution in [0.3, 0.4) is 0 Å². The summed E-state index contributed by atoms with van der Waals surface area (Å²) in [4.78, 5) is 14.1. The Morgan fingerprint density at radius 1 is 1.18 bits per heavy atom. The second-order valence-corrected chi connectivity index (χ2v) is 7.53. The molecule has 3 heteroatoms. The van der Waals surface area contributed by atoms with E-state index in [1.165, 1.54) is 25.7 Å². The lowest BCUT2D eigenvalue weighted by atomic mass is 9.69. The molecule has 0 radical (unpaired) electrons. The summed E-state index contributed by atoms with van der Waals surface area (Å²) in [6, 6.07) is 10.3. The summed E-state index contributed by atoms with van der Waals surface area (Å²) in [7, 11) is 1.85. The quantitative estimate of drug-likeness (QED) is 0.916. The number of hydrogen-bond donors (Lipinski definition) is 1. The van der Waals surface area contributed by atoms with E-state index in [9.17, 15) is 4.79 Å². The Bertz CT molecular complexity index is 478. The van der Waals surface area contributed by atoms with Gasteiger partial charge in [0.25, 0.3) is 0 Å². The van der Waals surface area contributed by atoms with Crippen molar-refractivity contribution in [3.63, 3.8) is 0 Å². The number of carbonyl (C=O) groups is 1. The third-order valence-electron chi connectivity index (χ3n) is 4.91. The average molecular weight is 302 g/mol. The molecule has 1 aromatic rings. The first kappa shape index (κ1) is 17.0. The molecule has 1 aliphatic rings. The van der Waals surface area contributed by atoms with Gasteiger partial charge in [-0.2, -0.15) is 0 Å². The van der Waals surface area contributed by atoms with Crippen molar-refractivity contribution >= 4 is 11.6 Å². The predicted octanol–water partition coefficient (Wildman–Crippen LogP) is 3.84. The van der Waals surface area contributed by atoms with Crippen LogP contribution >= 0.6 is 0 Å². The van der Waals surface area contributed by atoms with Gasteiger partial charge in [0, 0.05) is 18.8 Å². The molecule has 1 aliphatic carbocycles. The van der Waals surface area contributed by atoms with E-state index < -0.39 is 0 Å². The predicted molar refractivity (Wildman–Crippen MR) is 93.1 cm³/mol. The fraction of sp³-hybridized carbons (Fsp3) is 0.632. The van der Waals surface area contributed by atoms with Crippen LogP contribution in [-0.4, -0.2) is 25.5 Å². The zero-order valence-corrected chi connectivity index (χ0v) is 14.4. The molecule has 0 spiro atoms. The Balaban J connectivity index is 1.92. The van der Waals surface area contributed by atoms with Crippen LogP contribution in [0.25, 0.3) is 0 Å². The number of benzene rings is 1. The minimum Gasteiger partial charge on any atom is -0.314 e. The van der Waals surface area contributed by atoms with Crippen LogP contribution in [0.15, 0.2) is 30.3 Å². The maximum atomic E-state index is 12.4. The van der Waals surface area contributed by atoms with Gasteiger partial charge in [0.1, 0.15) is 0 Å². The molecule has 1 amide bonds. The molecule has 2 unspecified atom stereocenters. The Labute approximate surface area is 135 Å². The van der Waals surface area contributed by atoms with Crippen molar-refractivity contribution in [2.75, 3.05) is 18.5 Å². The number of likely N-dealkylation sites (N-methyl/N-ethyl adjacent to an activating group) is 1. The molecule has 1 saturated carbocycles. The van der Waals surface area contributed by atoms with Gasteiger partial charge >= 0.3 is 0 Å². The molecule has 0 heterocycles. The number of hydrogen-bond acceptors (Lipinski definition) is 2. The van der Waals surface area contributed by atoms with Gasteiger partial charge in [0.15, 0.2) is 0 Å². The molecule has 0 bridgehead atoms. The van der Waals surface area contributed by atoms with Crippen LogP contribution in [0.1, 0.15) is 46.5 Å². The molecule has 0 aromatic heterocycles. The van der Waals surface area contributed by atoms with Crippen LogP contribution in [0.4, 0.5) is 5.69 Å². The molecule has 0 aliphatic heterocycles. The summed E-state index contributed by atoms with van der Waals surface area (Å²) in [5.41, 5.74) is 1.25. The number of carbonyl (C=O) groups excluding carboxylic acids is 1. The summed E-state index contributed by atoms with van der Waals surface area (Å²) in [6.45, 7) is 7.36. The van der Waals surface area contributed by atoms with E-state index in [1.54, 1.807) is 4.90 Å². The van der Waals surface area contributed by atoms with Crippen molar-refractivity contribution in [3.8, 4) is 0 Å². The smallest absolute Gasteiger partial charge is 0.240 e. The Morgan fingerprint density at radius 2 is 1.82 bits per heavy atom. The number of nitrogens with one attached hydrogen (secondary N) is 1. The van der Waals surface area contributed by atoms with E-state index in [0.29, 0.717) is 23.9 Å². The van der Waals surface area contributed by atoms with E-state index in [-0.39, 0.29) is 5.91 Å². The van der Waals surface area contributed by atoms with Crippen molar-refractivity contribution in [3.05, 3.63) is 30.3 Å². The lowest BCUT2D eigenvalue weighted by Gasteiger charge is -2.41. The average Bonchev–Trinajstić information content (AvgIpc) is 2.52. The van der Waals surface area contributed by atoms with Gasteiger partial charge in [-0.15, -0.1) is 0 Å². The van der Waals surface area contributed by atoms with Crippen LogP contribution in [0, 0.1) is 11.3 Å². The first-order valence-corrected chi connectivity index (χ1v) is 8.44. The van der Waals surface area contributed by atoms with Gasteiger partial charge in [-0.25, -0.2) is 0 Å². The molecule has 0 saturated heterocycles.